The maximum Gasteiger partial charge on any atom is 0.245 e. The number of rotatable bonds is 29. The molecular formula is C51H71N13O11S2. The van der Waals surface area contributed by atoms with Crippen molar-refractivity contribution in [2.75, 3.05) is 12.3 Å². The van der Waals surface area contributed by atoms with E-state index in [-0.39, 0.29) is 56.1 Å². The topological polar surface area (TPSA) is 414 Å². The molecule has 19 N–H and O–H groups in total. The number of aromatic amines is 1. The summed E-state index contributed by atoms with van der Waals surface area (Å²) in [5.41, 5.74) is 25.2. The zero-order chi connectivity index (χ0) is 57.1. The highest BCUT2D eigenvalue weighted by molar-refractivity contribution is 7.81. The minimum Gasteiger partial charge on any atom is -0.508 e. The van der Waals surface area contributed by atoms with E-state index >= 15 is 0 Å². The van der Waals surface area contributed by atoms with Crippen molar-refractivity contribution in [3.63, 3.8) is 0 Å². The number of aliphatic hydroxyl groups is 2. The highest BCUT2D eigenvalue weighted by Gasteiger charge is 2.40. The Balaban J connectivity index is 1.67. The summed E-state index contributed by atoms with van der Waals surface area (Å²) < 4.78 is -1.35. The molecule has 0 unspecified atom stereocenters. The second-order valence-corrected chi connectivity index (χ2v) is 20.6. The Morgan fingerprint density at radius 1 is 0.623 bits per heavy atom. The molecule has 0 radical (unpaired) electrons. The van der Waals surface area contributed by atoms with Crippen LogP contribution in [0, 0.1) is 0 Å². The highest BCUT2D eigenvalue weighted by Crippen LogP contribution is 2.21. The molecule has 0 fully saturated rings. The van der Waals surface area contributed by atoms with Crippen molar-refractivity contribution in [2.24, 2.45) is 27.9 Å². The number of benzene rings is 3. The molecule has 0 aliphatic heterocycles. The molecule has 0 aliphatic carbocycles. The van der Waals surface area contributed by atoms with Crippen LogP contribution in [0.2, 0.25) is 0 Å². The van der Waals surface area contributed by atoms with Crippen molar-refractivity contribution in [2.45, 2.75) is 125 Å². The monoisotopic (exact) mass is 1110 g/mol. The van der Waals surface area contributed by atoms with Crippen LogP contribution in [0.15, 0.2) is 90.1 Å². The molecule has 1 aromatic heterocycles. The number of aromatic hydroxyl groups is 1. The summed E-state index contributed by atoms with van der Waals surface area (Å²) in [5.74, 6) is -7.94. The van der Waals surface area contributed by atoms with Crippen molar-refractivity contribution < 1.29 is 53.7 Å². The number of nitrogens with two attached hydrogens (primary N) is 4. The summed E-state index contributed by atoms with van der Waals surface area (Å²) in [4.78, 5) is 118. The fourth-order valence-electron chi connectivity index (χ4n) is 7.95. The Bertz CT molecular complexity index is 2700. The summed E-state index contributed by atoms with van der Waals surface area (Å²) in [6.45, 7) is 5.29. The van der Waals surface area contributed by atoms with Crippen molar-refractivity contribution in [3.05, 3.63) is 102 Å². The molecule has 24 nitrogen and oxygen atoms in total. The Labute approximate surface area is 456 Å². The normalized spacial score (nSPS) is 15.3. The molecule has 0 aliphatic rings. The van der Waals surface area contributed by atoms with Gasteiger partial charge in [0.05, 0.1) is 18.2 Å². The number of nitrogens with one attached hydrogen (secondary N) is 8. The van der Waals surface area contributed by atoms with E-state index < -0.39 is 113 Å². The third kappa shape index (κ3) is 19.3. The van der Waals surface area contributed by atoms with E-state index in [9.17, 15) is 53.7 Å². The predicted molar refractivity (Wildman–Crippen MR) is 295 cm³/mol. The van der Waals surface area contributed by atoms with Crippen LogP contribution >= 0.6 is 25.3 Å². The predicted octanol–water partition coefficient (Wildman–Crippen LogP) is -2.44. The van der Waals surface area contributed by atoms with Gasteiger partial charge in [0.2, 0.25) is 47.3 Å². The lowest BCUT2D eigenvalue weighted by molar-refractivity contribution is -0.137. The number of para-hydroxylation sites is 1. The van der Waals surface area contributed by atoms with E-state index in [4.69, 9.17) is 22.9 Å². The largest absolute Gasteiger partial charge is 0.508 e. The third-order valence-corrected chi connectivity index (χ3v) is 12.8. The first-order valence-corrected chi connectivity index (χ1v) is 25.7. The van der Waals surface area contributed by atoms with E-state index in [1.165, 1.54) is 52.0 Å². The summed E-state index contributed by atoms with van der Waals surface area (Å²) in [6.07, 6.45) is -1.72. The zero-order valence-electron chi connectivity index (χ0n) is 43.1. The second-order valence-electron chi connectivity index (χ2n) is 19.1. The SMILES string of the molecule is C[C@@H](O)[C@H](NC(=O)[C@@H](NC(=O)[C@@H](NC(=O)[C@H](CCCN=C(N)N)NC(=O)[C@H](Cc1c[nH]c2ccccc12)NC(=O)[C@H](Cc1ccc(O)cc1)NC(=O)[C@H](CS)NC(=O)[C@@H](N)Cc1ccccc1)[C@@H](C)O)C(C)(C)S)C(N)=O. The van der Waals surface area contributed by atoms with Crippen molar-refractivity contribution >= 4 is 89.4 Å². The van der Waals surface area contributed by atoms with E-state index in [1.54, 1.807) is 54.7 Å². The summed E-state index contributed by atoms with van der Waals surface area (Å²) in [5, 5.41) is 49.5. The summed E-state index contributed by atoms with van der Waals surface area (Å²) in [6, 6.07) is 10.3. The number of aliphatic imine (C=N–C) groups is 1. The molecule has 4 aromatic rings. The van der Waals surface area contributed by atoms with Crippen LogP contribution in [0.4, 0.5) is 0 Å². The third-order valence-electron chi connectivity index (χ3n) is 12.2. The number of carbonyl (C=O) groups excluding carboxylic acids is 8. The second kappa shape index (κ2) is 29.2. The van der Waals surface area contributed by atoms with Crippen molar-refractivity contribution in [1.82, 2.24) is 42.2 Å². The Morgan fingerprint density at radius 2 is 1.14 bits per heavy atom. The molecule has 8 amide bonds. The van der Waals surface area contributed by atoms with Crippen LogP contribution in [0.3, 0.4) is 0 Å². The zero-order valence-corrected chi connectivity index (χ0v) is 44.9. The van der Waals surface area contributed by atoms with Crippen LogP contribution < -0.4 is 60.2 Å². The van der Waals surface area contributed by atoms with E-state index in [0.717, 1.165) is 5.56 Å². The van der Waals surface area contributed by atoms with Crippen LogP contribution in [0.25, 0.3) is 10.9 Å². The molecule has 77 heavy (non-hydrogen) atoms. The number of primary amides is 1. The van der Waals surface area contributed by atoms with E-state index in [0.29, 0.717) is 22.0 Å². The van der Waals surface area contributed by atoms with E-state index in [1.807, 2.05) is 6.07 Å². The lowest BCUT2D eigenvalue weighted by atomic mass is 9.99. The lowest BCUT2D eigenvalue weighted by Gasteiger charge is -2.33. The van der Waals surface area contributed by atoms with Gasteiger partial charge < -0.3 is 80.5 Å². The molecule has 418 valence electrons. The molecule has 0 saturated carbocycles. The number of hydrogen-bond donors (Lipinski definition) is 17. The number of aliphatic hydroxyl groups excluding tert-OH is 2. The molecule has 0 bridgehead atoms. The maximum absolute atomic E-state index is 14.8. The van der Waals surface area contributed by atoms with Gasteiger partial charge in [-0.2, -0.15) is 25.3 Å². The fourth-order valence-corrected chi connectivity index (χ4v) is 8.39. The van der Waals surface area contributed by atoms with Gasteiger partial charge in [-0.25, -0.2) is 0 Å². The quantitative estimate of drug-likeness (QED) is 0.0116. The van der Waals surface area contributed by atoms with Gasteiger partial charge in [0.1, 0.15) is 48.0 Å². The molecule has 0 saturated heterocycles. The van der Waals surface area contributed by atoms with Crippen LogP contribution in [0.1, 0.15) is 57.2 Å². The molecule has 1 heterocycles. The first kappa shape index (κ1) is 62.2. The first-order chi connectivity index (χ1) is 36.3. The number of fused-ring (bicyclic) bond motifs is 1. The number of H-pyrrole nitrogens is 1. The van der Waals surface area contributed by atoms with Gasteiger partial charge in [0.15, 0.2) is 5.96 Å². The highest BCUT2D eigenvalue weighted by atomic mass is 32.1. The number of thiol groups is 2. The Kier molecular flexibility index (Phi) is 23.6. The van der Waals surface area contributed by atoms with Gasteiger partial charge in [-0.05, 0) is 81.8 Å². The average molecular weight is 1110 g/mol. The number of hydrogen-bond acceptors (Lipinski definition) is 15. The Morgan fingerprint density at radius 3 is 1.71 bits per heavy atom. The fraction of sp³-hybridized carbons (Fsp3) is 0.431. The van der Waals surface area contributed by atoms with Crippen LogP contribution in [-0.2, 0) is 57.6 Å². The minimum atomic E-state index is -1.79. The lowest BCUT2D eigenvalue weighted by Crippen LogP contribution is -2.64. The minimum absolute atomic E-state index is 0.0181. The van der Waals surface area contributed by atoms with Gasteiger partial charge in [0, 0.05) is 47.0 Å². The number of nitrogens with zero attached hydrogens (tertiary/aromatic N) is 1. The summed E-state index contributed by atoms with van der Waals surface area (Å²) >= 11 is 8.75. The van der Waals surface area contributed by atoms with Crippen LogP contribution in [0.5, 0.6) is 5.75 Å². The molecule has 10 atom stereocenters. The van der Waals surface area contributed by atoms with Gasteiger partial charge >= 0.3 is 0 Å². The number of guanidine groups is 1. The summed E-state index contributed by atoms with van der Waals surface area (Å²) in [7, 11) is 0. The number of phenolic OH excluding ortho intramolecular Hbond substituents is 1. The number of amides is 8. The van der Waals surface area contributed by atoms with Gasteiger partial charge in [-0.1, -0.05) is 60.7 Å². The average Bonchev–Trinajstić information content (AvgIpc) is 3.78. The molecule has 0 spiro atoms. The number of carbonyl (C=O) groups is 8. The van der Waals surface area contributed by atoms with Gasteiger partial charge in [0.25, 0.3) is 0 Å². The molecule has 3 aromatic carbocycles. The molecule has 4 rings (SSSR count). The van der Waals surface area contributed by atoms with E-state index in [2.05, 4.69) is 72.5 Å². The van der Waals surface area contributed by atoms with Crippen molar-refractivity contribution in [1.29, 1.82) is 0 Å². The standard InChI is InChI=1S/C51H71N13O11S2/c1-26(65)39(42(53)68)62-49(75)41(51(3,4)77)64-48(74)40(27(2)66)63-44(70)35(15-10-20-56-50(54)55)58-46(72)37(23-30-24-57-34-14-9-8-13-32(30)34)60-45(71)36(22-29-16-18-31(67)19-17-29)59-47(73)38(25-76)61-43(69)33(52)21-28-11-6-5-7-12-28/h5-9,11-14,16-19,24,26-27,33,35-41,57,65-67,76-77H,10,15,20-23,25,52H2,1-4H3,(H2,53,68)(H,58,72)(H,59,73)(H,60,71)(H,61,69)(H,62,75)(H,63,70)(H,64,74)(H4,54,55,56)/t26-,27-,33+,35+,36+,37+,38+,39+,40+,41-/m1/s1. The van der Waals surface area contributed by atoms with Crippen LogP contribution in [-0.4, -0.2) is 151 Å². The smallest absolute Gasteiger partial charge is 0.245 e. The van der Waals surface area contributed by atoms with Crippen molar-refractivity contribution in [3.8, 4) is 5.75 Å². The number of phenols is 1. The maximum atomic E-state index is 14.8. The molecular weight excluding hydrogens is 1030 g/mol. The first-order valence-electron chi connectivity index (χ1n) is 24.6. The Hall–Kier alpha value is -7.39. The van der Waals surface area contributed by atoms with Gasteiger partial charge in [-0.3, -0.25) is 43.3 Å². The van der Waals surface area contributed by atoms with Gasteiger partial charge in [-0.15, -0.1) is 0 Å². The number of aromatic nitrogens is 1. The molecule has 26 heteroatoms.